The van der Waals surface area contributed by atoms with Crippen LogP contribution in [0.1, 0.15) is 33.1 Å². The summed E-state index contributed by atoms with van der Waals surface area (Å²) in [6.07, 6.45) is 1.37. The molecule has 0 unspecified atom stereocenters. The molecule has 0 radical (unpaired) electrons. The van der Waals surface area contributed by atoms with Crippen LogP contribution in [0.4, 0.5) is 9.59 Å². The standard InChI is InChI=1S/C8H18N.C7H16NO.2C2H4O3/c1-3-9(2)7-5-4-6-8-9;1-3-8(2)4-6-9-7-5-8;2*1-5-2(3)4/h3-8H2,1-2H3;3-7H2,1-2H3;2*1H3,(H,3,4)/q2*+1;;/p-2. The molecule has 0 amide bonds. The third kappa shape index (κ3) is 16.6. The summed E-state index contributed by atoms with van der Waals surface area (Å²) in [5, 5.41) is 18.1. The SMILES string of the molecule is CC[N+]1(C)CCCCC1.CC[N+]1(C)CCOCC1.COC(=O)[O-].COC(=O)[O-]. The van der Waals surface area contributed by atoms with Crippen LogP contribution in [0, 0.1) is 0 Å². The van der Waals surface area contributed by atoms with Gasteiger partial charge in [0.05, 0.1) is 53.5 Å². The number of hydrogen-bond acceptors (Lipinski definition) is 7. The van der Waals surface area contributed by atoms with Crippen molar-refractivity contribution in [3.63, 3.8) is 0 Å². The minimum atomic E-state index is -1.50. The van der Waals surface area contributed by atoms with Crippen molar-refractivity contribution in [2.45, 2.75) is 33.1 Å². The fraction of sp³-hybridized carbons (Fsp3) is 0.895. The van der Waals surface area contributed by atoms with Crippen molar-refractivity contribution in [1.29, 1.82) is 0 Å². The number of likely N-dealkylation sites (N-methyl/N-ethyl adjacent to an activating group) is 1. The minimum absolute atomic E-state index is 0.949. The van der Waals surface area contributed by atoms with Crippen LogP contribution in [-0.2, 0) is 14.2 Å². The van der Waals surface area contributed by atoms with Gasteiger partial charge in [-0.05, 0) is 33.1 Å². The lowest BCUT2D eigenvalue weighted by molar-refractivity contribution is -0.915. The molecule has 0 spiro atoms. The van der Waals surface area contributed by atoms with E-state index in [1.165, 1.54) is 67.5 Å². The van der Waals surface area contributed by atoms with Gasteiger partial charge in [-0.3, -0.25) is 0 Å². The molecule has 0 aromatic carbocycles. The number of piperidine rings is 1. The molecule has 168 valence electrons. The number of methoxy groups -OCH3 is 2. The number of rotatable bonds is 2. The third-order valence-corrected chi connectivity index (χ3v) is 5.31. The lowest BCUT2D eigenvalue weighted by atomic mass is 10.1. The maximum Gasteiger partial charge on any atom is 0.251 e. The smallest absolute Gasteiger partial charge is 0.251 e. The van der Waals surface area contributed by atoms with Gasteiger partial charge in [-0.2, -0.15) is 0 Å². The van der Waals surface area contributed by atoms with Gasteiger partial charge in [-0.15, -0.1) is 0 Å². The van der Waals surface area contributed by atoms with Crippen LogP contribution < -0.4 is 10.2 Å². The number of carboxylic acid groups (broad SMARTS) is 2. The van der Waals surface area contributed by atoms with Crippen molar-refractivity contribution in [2.24, 2.45) is 0 Å². The first-order valence-corrected chi connectivity index (χ1v) is 9.82. The largest absolute Gasteiger partial charge is 0.553 e. The molecule has 2 aliphatic rings. The van der Waals surface area contributed by atoms with E-state index in [2.05, 4.69) is 37.4 Å². The number of ether oxygens (including phenoxy) is 3. The van der Waals surface area contributed by atoms with Gasteiger partial charge in [-0.25, -0.2) is 0 Å². The van der Waals surface area contributed by atoms with Gasteiger partial charge in [0.1, 0.15) is 13.1 Å². The van der Waals surface area contributed by atoms with E-state index in [1.54, 1.807) is 0 Å². The summed E-state index contributed by atoms with van der Waals surface area (Å²) < 4.78 is 14.9. The first kappa shape index (κ1) is 28.6. The number of morpholine rings is 1. The second kappa shape index (κ2) is 16.4. The maximum atomic E-state index is 9.03. The predicted molar refractivity (Wildman–Crippen MR) is 102 cm³/mol. The first-order chi connectivity index (χ1) is 13.1. The van der Waals surface area contributed by atoms with E-state index in [1.807, 2.05) is 0 Å². The second-order valence-electron chi connectivity index (χ2n) is 7.35. The Hall–Kier alpha value is -1.58. The molecule has 2 fully saturated rings. The zero-order valence-corrected chi connectivity index (χ0v) is 18.5. The molecule has 0 saturated carbocycles. The molecule has 2 heterocycles. The van der Waals surface area contributed by atoms with Crippen molar-refractivity contribution in [3.05, 3.63) is 0 Å². The Morgan fingerprint density at radius 3 is 1.32 bits per heavy atom. The van der Waals surface area contributed by atoms with E-state index < -0.39 is 12.3 Å². The maximum absolute atomic E-state index is 9.03. The van der Waals surface area contributed by atoms with E-state index in [9.17, 15) is 0 Å². The number of nitrogens with zero attached hydrogens (tertiary/aromatic N) is 2. The van der Waals surface area contributed by atoms with Crippen molar-refractivity contribution < 1.29 is 43.0 Å². The average Bonchev–Trinajstić information content (AvgIpc) is 2.70. The van der Waals surface area contributed by atoms with Crippen molar-refractivity contribution in [1.82, 2.24) is 0 Å². The summed E-state index contributed by atoms with van der Waals surface area (Å²) >= 11 is 0. The van der Waals surface area contributed by atoms with E-state index in [-0.39, 0.29) is 0 Å². The molecule has 9 heteroatoms. The molecule has 2 rings (SSSR count). The number of quaternary nitrogens is 2. The Labute approximate surface area is 170 Å². The van der Waals surface area contributed by atoms with Crippen LogP contribution in [0.15, 0.2) is 0 Å². The Bertz CT molecular complexity index is 369. The Morgan fingerprint density at radius 1 is 0.786 bits per heavy atom. The lowest BCUT2D eigenvalue weighted by Gasteiger charge is -2.36. The summed E-state index contributed by atoms with van der Waals surface area (Å²) in [6, 6.07) is 0. The molecular formula is C19H40N2O7. The highest BCUT2D eigenvalue weighted by molar-refractivity contribution is 5.53. The Balaban J connectivity index is 0. The predicted octanol–water partition coefficient (Wildman–Crippen LogP) is 0.0721. The van der Waals surface area contributed by atoms with E-state index >= 15 is 0 Å². The van der Waals surface area contributed by atoms with E-state index in [0.29, 0.717) is 0 Å². The fourth-order valence-corrected chi connectivity index (χ4v) is 2.69. The zero-order valence-electron chi connectivity index (χ0n) is 18.5. The second-order valence-corrected chi connectivity index (χ2v) is 7.35. The van der Waals surface area contributed by atoms with Crippen molar-refractivity contribution in [2.75, 3.05) is 80.8 Å². The van der Waals surface area contributed by atoms with Crippen LogP contribution in [-0.4, -0.2) is 102 Å². The number of likely N-dealkylation sites (tertiary alicyclic amines) is 1. The molecule has 2 aliphatic heterocycles. The molecule has 0 N–H and O–H groups in total. The number of carbonyl (C=O) groups is 2. The molecule has 0 aromatic heterocycles. The van der Waals surface area contributed by atoms with Gasteiger partial charge in [-0.1, -0.05) is 0 Å². The van der Waals surface area contributed by atoms with E-state index in [0.717, 1.165) is 27.4 Å². The number of hydrogen-bond donors (Lipinski definition) is 0. The fourth-order valence-electron chi connectivity index (χ4n) is 2.69. The molecular weight excluding hydrogens is 368 g/mol. The van der Waals surface area contributed by atoms with Gasteiger partial charge in [0.15, 0.2) is 0 Å². The molecule has 28 heavy (non-hydrogen) atoms. The summed E-state index contributed by atoms with van der Waals surface area (Å²) in [5.74, 6) is 0. The normalized spacial score (nSPS) is 19.1. The summed E-state index contributed by atoms with van der Waals surface area (Å²) in [7, 11) is 6.74. The van der Waals surface area contributed by atoms with E-state index in [4.69, 9.17) is 24.5 Å². The van der Waals surface area contributed by atoms with Crippen LogP contribution in [0.5, 0.6) is 0 Å². The zero-order chi connectivity index (χ0) is 22.1. The molecule has 0 aliphatic carbocycles. The van der Waals surface area contributed by atoms with Gasteiger partial charge in [0.25, 0.3) is 12.3 Å². The highest BCUT2D eigenvalue weighted by atomic mass is 16.7. The molecule has 0 bridgehead atoms. The molecule has 0 atom stereocenters. The lowest BCUT2D eigenvalue weighted by Crippen LogP contribution is -2.51. The summed E-state index contributed by atoms with van der Waals surface area (Å²) in [5.41, 5.74) is 0. The topological polar surface area (TPSA) is 108 Å². The van der Waals surface area contributed by atoms with Gasteiger partial charge in [0, 0.05) is 14.2 Å². The highest BCUT2D eigenvalue weighted by Gasteiger charge is 2.22. The van der Waals surface area contributed by atoms with Crippen LogP contribution in [0.2, 0.25) is 0 Å². The third-order valence-electron chi connectivity index (χ3n) is 5.31. The first-order valence-electron chi connectivity index (χ1n) is 9.82. The van der Waals surface area contributed by atoms with Crippen LogP contribution in [0.25, 0.3) is 0 Å². The van der Waals surface area contributed by atoms with Crippen LogP contribution in [0.3, 0.4) is 0 Å². The average molecular weight is 409 g/mol. The summed E-state index contributed by atoms with van der Waals surface area (Å²) in [4.78, 5) is 18.1. The highest BCUT2D eigenvalue weighted by Crippen LogP contribution is 2.14. The van der Waals surface area contributed by atoms with Gasteiger partial charge < -0.3 is 43.0 Å². The quantitative estimate of drug-likeness (QED) is 0.470. The van der Waals surface area contributed by atoms with Gasteiger partial charge in [0.2, 0.25) is 0 Å². The monoisotopic (exact) mass is 408 g/mol. The molecule has 2 saturated heterocycles. The molecule has 9 nitrogen and oxygen atoms in total. The Kier molecular flexibility index (Phi) is 16.7. The van der Waals surface area contributed by atoms with Crippen LogP contribution >= 0.6 is 0 Å². The minimum Gasteiger partial charge on any atom is -0.553 e. The van der Waals surface area contributed by atoms with Gasteiger partial charge >= 0.3 is 0 Å². The number of carbonyl (C=O) groups excluding carboxylic acids is 2. The Morgan fingerprint density at radius 2 is 1.11 bits per heavy atom. The van der Waals surface area contributed by atoms with Crippen molar-refractivity contribution >= 4 is 12.3 Å². The summed E-state index contributed by atoms with van der Waals surface area (Å²) in [6.45, 7) is 14.2. The van der Waals surface area contributed by atoms with Crippen molar-refractivity contribution in [3.8, 4) is 0 Å². The molecule has 0 aromatic rings.